The molecular weight excluding hydrogens is 266 g/mol. The fourth-order valence-corrected chi connectivity index (χ4v) is 2.02. The minimum atomic E-state index is 0.0194. The molecule has 0 fully saturated rings. The summed E-state index contributed by atoms with van der Waals surface area (Å²) in [4.78, 5) is 14.0. The van der Waals surface area contributed by atoms with Gasteiger partial charge in [-0.15, -0.1) is 0 Å². The summed E-state index contributed by atoms with van der Waals surface area (Å²) in [6, 6.07) is 7.05. The first-order valence-electron chi connectivity index (χ1n) is 6.29. The van der Waals surface area contributed by atoms with Crippen LogP contribution in [0.15, 0.2) is 24.3 Å². The lowest BCUT2D eigenvalue weighted by Crippen LogP contribution is -2.32. The van der Waals surface area contributed by atoms with E-state index in [0.717, 1.165) is 0 Å². The highest BCUT2D eigenvalue weighted by atomic mass is 35.5. The Kier molecular flexibility index (Phi) is 7.67. The van der Waals surface area contributed by atoms with Gasteiger partial charge in [-0.05, 0) is 12.1 Å². The number of nitrogens with zero attached hydrogens (tertiary/aromatic N) is 1. The lowest BCUT2D eigenvalue weighted by molar-refractivity contribution is 0.0933. The summed E-state index contributed by atoms with van der Waals surface area (Å²) in [5.74, 6) is 0.0194. The molecule has 1 N–H and O–H groups in total. The fraction of sp³-hybridized carbons (Fsp3) is 0.500. The molecule has 0 aliphatic rings. The van der Waals surface area contributed by atoms with Crippen LogP contribution < -0.4 is 0 Å². The Labute approximate surface area is 118 Å². The lowest BCUT2D eigenvalue weighted by Gasteiger charge is -2.20. The predicted molar refractivity (Wildman–Crippen MR) is 75.8 cm³/mol. The van der Waals surface area contributed by atoms with Crippen molar-refractivity contribution in [2.75, 3.05) is 40.0 Å². The molecule has 4 nitrogen and oxygen atoms in total. The Morgan fingerprint density at radius 3 is 2.68 bits per heavy atom. The van der Waals surface area contributed by atoms with Gasteiger partial charge in [0.2, 0.25) is 0 Å². The van der Waals surface area contributed by atoms with Crippen LogP contribution in [-0.4, -0.2) is 55.7 Å². The first-order valence-corrected chi connectivity index (χ1v) is 6.66. The third-order valence-electron chi connectivity index (χ3n) is 2.86. The Balaban J connectivity index is 2.49. The van der Waals surface area contributed by atoms with E-state index in [2.05, 4.69) is 0 Å². The third-order valence-corrected chi connectivity index (χ3v) is 3.19. The van der Waals surface area contributed by atoms with Gasteiger partial charge in [-0.1, -0.05) is 23.7 Å². The van der Waals surface area contributed by atoms with Crippen molar-refractivity contribution < 1.29 is 14.6 Å². The van der Waals surface area contributed by atoms with Crippen LogP contribution in [0.25, 0.3) is 0 Å². The fourth-order valence-electron chi connectivity index (χ4n) is 1.78. The number of ketones is 1. The van der Waals surface area contributed by atoms with Gasteiger partial charge in [-0.3, -0.25) is 9.69 Å². The molecule has 0 saturated heterocycles. The summed E-state index contributed by atoms with van der Waals surface area (Å²) >= 11 is 5.98. The van der Waals surface area contributed by atoms with Crippen LogP contribution in [0.1, 0.15) is 16.8 Å². The van der Waals surface area contributed by atoms with E-state index in [0.29, 0.717) is 43.2 Å². The predicted octanol–water partition coefficient (Wildman–Crippen LogP) is 1.85. The minimum absolute atomic E-state index is 0.0194. The minimum Gasteiger partial charge on any atom is -0.395 e. The third kappa shape index (κ3) is 5.70. The van der Waals surface area contributed by atoms with Crippen LogP contribution >= 0.6 is 11.6 Å². The van der Waals surface area contributed by atoms with Crippen molar-refractivity contribution in [2.24, 2.45) is 0 Å². The van der Waals surface area contributed by atoms with Crippen molar-refractivity contribution in [1.29, 1.82) is 0 Å². The summed E-state index contributed by atoms with van der Waals surface area (Å²) in [7, 11) is 1.63. The van der Waals surface area contributed by atoms with E-state index >= 15 is 0 Å². The average Bonchev–Trinajstić information content (AvgIpc) is 2.42. The highest BCUT2D eigenvalue weighted by Crippen LogP contribution is 2.16. The van der Waals surface area contributed by atoms with Crippen LogP contribution in [-0.2, 0) is 4.74 Å². The van der Waals surface area contributed by atoms with Crippen LogP contribution in [0.4, 0.5) is 0 Å². The highest BCUT2D eigenvalue weighted by Gasteiger charge is 2.12. The number of carbonyl (C=O) groups excluding carboxylic acids is 1. The molecule has 0 aliphatic heterocycles. The summed E-state index contributed by atoms with van der Waals surface area (Å²) in [5.41, 5.74) is 0.555. The summed E-state index contributed by atoms with van der Waals surface area (Å²) in [5, 5.41) is 9.46. The number of hydrogen-bond acceptors (Lipinski definition) is 4. The van der Waals surface area contributed by atoms with Gasteiger partial charge in [0.1, 0.15) is 0 Å². The van der Waals surface area contributed by atoms with E-state index in [4.69, 9.17) is 21.4 Å². The van der Waals surface area contributed by atoms with Gasteiger partial charge in [-0.2, -0.15) is 0 Å². The van der Waals surface area contributed by atoms with Crippen LogP contribution in [0.3, 0.4) is 0 Å². The first kappa shape index (κ1) is 16.1. The zero-order valence-corrected chi connectivity index (χ0v) is 11.9. The normalized spacial score (nSPS) is 10.9. The van der Waals surface area contributed by atoms with Crippen LogP contribution in [0, 0.1) is 0 Å². The zero-order valence-electron chi connectivity index (χ0n) is 11.1. The quantitative estimate of drug-likeness (QED) is 0.704. The monoisotopic (exact) mass is 285 g/mol. The van der Waals surface area contributed by atoms with Crippen molar-refractivity contribution in [3.05, 3.63) is 34.9 Å². The summed E-state index contributed by atoms with van der Waals surface area (Å²) < 4.78 is 5.00. The number of aliphatic hydroxyl groups is 1. The SMILES string of the molecule is COCCN(CCO)CCC(=O)c1ccccc1Cl. The number of ether oxygens (including phenoxy) is 1. The number of rotatable bonds is 9. The molecule has 106 valence electrons. The number of benzene rings is 1. The molecule has 1 aromatic rings. The number of aliphatic hydroxyl groups excluding tert-OH is 1. The largest absolute Gasteiger partial charge is 0.395 e. The Bertz CT molecular complexity index is 398. The van der Waals surface area contributed by atoms with E-state index in [-0.39, 0.29) is 12.4 Å². The Hall–Kier alpha value is -0.940. The molecule has 0 heterocycles. The van der Waals surface area contributed by atoms with Gasteiger partial charge in [0.15, 0.2) is 5.78 Å². The van der Waals surface area contributed by atoms with Crippen molar-refractivity contribution in [3.8, 4) is 0 Å². The molecule has 0 bridgehead atoms. The lowest BCUT2D eigenvalue weighted by atomic mass is 10.1. The Morgan fingerprint density at radius 1 is 1.32 bits per heavy atom. The number of Topliss-reactive ketones (excluding diaryl/α,β-unsaturated/α-hetero) is 1. The van der Waals surface area contributed by atoms with E-state index < -0.39 is 0 Å². The van der Waals surface area contributed by atoms with Crippen molar-refractivity contribution in [1.82, 2.24) is 4.90 Å². The molecule has 0 spiro atoms. The van der Waals surface area contributed by atoms with Crippen LogP contribution in [0.2, 0.25) is 5.02 Å². The smallest absolute Gasteiger partial charge is 0.165 e. The van der Waals surface area contributed by atoms with E-state index in [1.807, 2.05) is 4.90 Å². The summed E-state index contributed by atoms with van der Waals surface area (Å²) in [6.07, 6.45) is 0.382. The van der Waals surface area contributed by atoms with Gasteiger partial charge < -0.3 is 9.84 Å². The van der Waals surface area contributed by atoms with E-state index in [1.165, 1.54) is 0 Å². The Morgan fingerprint density at radius 2 is 2.05 bits per heavy atom. The zero-order chi connectivity index (χ0) is 14.1. The van der Waals surface area contributed by atoms with E-state index in [1.54, 1.807) is 31.4 Å². The molecule has 1 rings (SSSR count). The van der Waals surface area contributed by atoms with Crippen LogP contribution in [0.5, 0.6) is 0 Å². The highest BCUT2D eigenvalue weighted by molar-refractivity contribution is 6.33. The van der Waals surface area contributed by atoms with E-state index in [9.17, 15) is 4.79 Å². The molecule has 0 atom stereocenters. The van der Waals surface area contributed by atoms with Crippen molar-refractivity contribution in [3.63, 3.8) is 0 Å². The molecule has 19 heavy (non-hydrogen) atoms. The van der Waals surface area contributed by atoms with Crippen molar-refractivity contribution in [2.45, 2.75) is 6.42 Å². The molecule has 0 radical (unpaired) electrons. The summed E-state index contributed by atoms with van der Waals surface area (Å²) in [6.45, 7) is 2.49. The number of carbonyl (C=O) groups is 1. The molecular formula is C14H20ClNO3. The maximum atomic E-state index is 12.0. The second kappa shape index (κ2) is 9.04. The molecule has 1 aromatic carbocycles. The maximum absolute atomic E-state index is 12.0. The average molecular weight is 286 g/mol. The number of hydrogen-bond donors (Lipinski definition) is 1. The molecule has 0 aliphatic carbocycles. The molecule has 0 unspecified atom stereocenters. The molecule has 5 heteroatoms. The topological polar surface area (TPSA) is 49.8 Å². The maximum Gasteiger partial charge on any atom is 0.165 e. The van der Waals surface area contributed by atoms with Gasteiger partial charge in [-0.25, -0.2) is 0 Å². The van der Waals surface area contributed by atoms with Gasteiger partial charge >= 0.3 is 0 Å². The number of halogens is 1. The molecule has 0 saturated carbocycles. The van der Waals surface area contributed by atoms with Gasteiger partial charge in [0.25, 0.3) is 0 Å². The first-order chi connectivity index (χ1) is 9.19. The van der Waals surface area contributed by atoms with Gasteiger partial charge in [0.05, 0.1) is 18.2 Å². The second-order valence-corrected chi connectivity index (χ2v) is 4.62. The number of methoxy groups -OCH3 is 1. The van der Waals surface area contributed by atoms with Crippen molar-refractivity contribution >= 4 is 17.4 Å². The standard InChI is InChI=1S/C14H20ClNO3/c1-19-11-9-16(8-10-17)7-6-14(18)12-4-2-3-5-13(12)15/h2-5,17H,6-11H2,1H3. The van der Waals surface area contributed by atoms with Gasteiger partial charge in [0, 0.05) is 38.7 Å². The second-order valence-electron chi connectivity index (χ2n) is 4.21. The molecule has 0 aromatic heterocycles. The molecule has 0 amide bonds.